The Morgan fingerprint density at radius 1 is 1.14 bits per heavy atom. The number of benzene rings is 1. The summed E-state index contributed by atoms with van der Waals surface area (Å²) in [6.45, 7) is 0.887. The molecule has 1 aliphatic heterocycles. The molecule has 1 aliphatic rings. The second-order valence-electron chi connectivity index (χ2n) is 4.87. The van der Waals surface area contributed by atoms with Crippen molar-refractivity contribution >= 4 is 58.3 Å². The predicted octanol–water partition coefficient (Wildman–Crippen LogP) is 5.26. The molecule has 1 saturated heterocycles. The Labute approximate surface area is 147 Å². The molecule has 0 saturated carbocycles. The number of hydrogen-bond acceptors (Lipinski definition) is 3. The lowest BCUT2D eigenvalue weighted by atomic mass is 10.1. The molecule has 2 nitrogen and oxygen atoms in total. The molecule has 1 aromatic carbocycles. The number of halogens is 3. The summed E-state index contributed by atoms with van der Waals surface area (Å²) in [5.41, 5.74) is 0.977. The van der Waals surface area contributed by atoms with Crippen molar-refractivity contribution in [1.29, 1.82) is 0 Å². The van der Waals surface area contributed by atoms with E-state index in [1.807, 2.05) is 36.0 Å². The number of hydrogen-bond donors (Lipinski definition) is 0. The Kier molecular flexibility index (Phi) is 5.01. The van der Waals surface area contributed by atoms with Crippen molar-refractivity contribution in [2.24, 2.45) is 0 Å². The molecule has 7 heteroatoms. The van der Waals surface area contributed by atoms with Gasteiger partial charge in [0.05, 0.1) is 10.4 Å². The minimum atomic E-state index is 0.0435. The first kappa shape index (κ1) is 15.9. The molecular weight excluding hydrogens is 367 g/mol. The zero-order valence-electron chi connectivity index (χ0n) is 11.1. The molecule has 0 N–H and O–H groups in total. The van der Waals surface area contributed by atoms with Crippen LogP contribution < -0.4 is 0 Å². The van der Waals surface area contributed by atoms with E-state index < -0.39 is 0 Å². The van der Waals surface area contributed by atoms with Gasteiger partial charge in [-0.2, -0.15) is 0 Å². The van der Waals surface area contributed by atoms with Crippen LogP contribution >= 0.6 is 58.3 Å². The maximum atomic E-state index is 6.35. The van der Waals surface area contributed by atoms with Crippen LogP contribution in [-0.2, 0) is 13.0 Å². The topological polar surface area (TPSA) is 17.8 Å². The van der Waals surface area contributed by atoms with Gasteiger partial charge in [0.15, 0.2) is 0 Å². The molecule has 1 fully saturated rings. The second kappa shape index (κ2) is 6.63. The molecule has 3 rings (SSSR count). The second-order valence-corrected chi connectivity index (χ2v) is 9.33. The van der Waals surface area contributed by atoms with E-state index >= 15 is 0 Å². The van der Waals surface area contributed by atoms with Gasteiger partial charge in [-0.05, 0) is 17.7 Å². The fourth-order valence-corrected chi connectivity index (χ4v) is 6.58. The van der Waals surface area contributed by atoms with Crippen molar-refractivity contribution < 1.29 is 0 Å². The summed E-state index contributed by atoms with van der Waals surface area (Å²) in [5, 5.41) is 1.86. The Balaban J connectivity index is 1.89. The van der Waals surface area contributed by atoms with E-state index in [4.69, 9.17) is 34.8 Å². The van der Waals surface area contributed by atoms with Crippen LogP contribution in [0.15, 0.2) is 30.9 Å². The fourth-order valence-electron chi connectivity index (χ4n) is 2.42. The van der Waals surface area contributed by atoms with Crippen molar-refractivity contribution in [2.45, 2.75) is 17.0 Å². The number of thioether (sulfide) groups is 2. The van der Waals surface area contributed by atoms with Gasteiger partial charge in [-0.25, -0.2) is 4.98 Å². The smallest absolute Gasteiger partial charge is 0.0946 e. The Morgan fingerprint density at radius 3 is 2.38 bits per heavy atom. The minimum absolute atomic E-state index is 0.0435. The van der Waals surface area contributed by atoms with Crippen molar-refractivity contribution in [3.8, 4) is 0 Å². The summed E-state index contributed by atoms with van der Waals surface area (Å²) in [6.07, 6.45) is 6.47. The highest BCUT2D eigenvalue weighted by atomic mass is 35.5. The summed E-state index contributed by atoms with van der Waals surface area (Å²) in [7, 11) is 0. The highest BCUT2D eigenvalue weighted by Crippen LogP contribution is 2.49. The van der Waals surface area contributed by atoms with Gasteiger partial charge in [0.25, 0.3) is 0 Å². The van der Waals surface area contributed by atoms with Crippen molar-refractivity contribution in [2.75, 3.05) is 11.5 Å². The maximum Gasteiger partial charge on any atom is 0.0946 e. The van der Waals surface area contributed by atoms with Crippen molar-refractivity contribution in [3.05, 3.63) is 51.5 Å². The quantitative estimate of drug-likeness (QED) is 0.721. The lowest BCUT2D eigenvalue weighted by molar-refractivity contribution is 0.625. The first-order valence-electron chi connectivity index (χ1n) is 6.45. The van der Waals surface area contributed by atoms with Crippen LogP contribution in [0.2, 0.25) is 15.1 Å². The van der Waals surface area contributed by atoms with Crippen LogP contribution in [0.5, 0.6) is 0 Å². The van der Waals surface area contributed by atoms with Gasteiger partial charge >= 0.3 is 0 Å². The molecule has 0 spiro atoms. The van der Waals surface area contributed by atoms with E-state index in [9.17, 15) is 0 Å². The predicted molar refractivity (Wildman–Crippen MR) is 95.1 cm³/mol. The first-order valence-corrected chi connectivity index (χ1v) is 9.56. The van der Waals surface area contributed by atoms with Gasteiger partial charge in [-0.3, -0.25) is 0 Å². The monoisotopic (exact) mass is 378 g/mol. The molecule has 0 atom stereocenters. The van der Waals surface area contributed by atoms with Crippen LogP contribution in [-0.4, -0.2) is 25.1 Å². The number of imidazole rings is 1. The summed E-state index contributed by atoms with van der Waals surface area (Å²) in [6, 6.07) is 3.53. The summed E-state index contributed by atoms with van der Waals surface area (Å²) in [5.74, 6) is 2.28. The third kappa shape index (κ3) is 3.67. The van der Waals surface area contributed by atoms with Gasteiger partial charge in [0.1, 0.15) is 0 Å². The molecule has 0 unspecified atom stereocenters. The lowest BCUT2D eigenvalue weighted by Gasteiger charge is -2.28. The third-order valence-electron chi connectivity index (χ3n) is 3.35. The molecular formula is C14H13Cl3N2S2. The van der Waals surface area contributed by atoms with Gasteiger partial charge in [0.2, 0.25) is 0 Å². The van der Waals surface area contributed by atoms with Crippen LogP contribution in [0.25, 0.3) is 0 Å². The summed E-state index contributed by atoms with van der Waals surface area (Å²) < 4.78 is 2.16. The van der Waals surface area contributed by atoms with E-state index in [0.29, 0.717) is 15.1 Å². The van der Waals surface area contributed by atoms with Crippen LogP contribution in [0.4, 0.5) is 0 Å². The van der Waals surface area contributed by atoms with E-state index in [-0.39, 0.29) is 4.08 Å². The SMILES string of the molecule is Clc1cc(Cl)c(CC2(Cn3ccnc3)SCCS2)c(Cl)c1. The minimum Gasteiger partial charge on any atom is -0.335 e. The molecule has 1 aromatic heterocycles. The largest absolute Gasteiger partial charge is 0.335 e. The van der Waals surface area contributed by atoms with Crippen LogP contribution in [0.1, 0.15) is 5.56 Å². The average molecular weight is 380 g/mol. The molecule has 2 heterocycles. The first-order chi connectivity index (χ1) is 10.1. The van der Waals surface area contributed by atoms with Gasteiger partial charge < -0.3 is 4.57 Å². The zero-order valence-corrected chi connectivity index (χ0v) is 15.0. The van der Waals surface area contributed by atoms with Crippen LogP contribution in [0, 0.1) is 0 Å². The number of nitrogens with zero attached hydrogens (tertiary/aromatic N) is 2. The molecule has 112 valence electrons. The third-order valence-corrected chi connectivity index (χ3v) is 7.62. The van der Waals surface area contributed by atoms with E-state index in [0.717, 1.165) is 30.0 Å². The summed E-state index contributed by atoms with van der Waals surface area (Å²) in [4.78, 5) is 4.12. The molecule has 0 radical (unpaired) electrons. The Morgan fingerprint density at radius 2 is 1.81 bits per heavy atom. The molecule has 0 amide bonds. The van der Waals surface area contributed by atoms with Crippen molar-refractivity contribution in [3.63, 3.8) is 0 Å². The van der Waals surface area contributed by atoms with E-state index in [2.05, 4.69) is 9.55 Å². The molecule has 2 aromatic rings. The van der Waals surface area contributed by atoms with E-state index in [1.165, 1.54) is 0 Å². The Bertz CT molecular complexity index is 602. The van der Waals surface area contributed by atoms with Gasteiger partial charge in [0, 0.05) is 51.9 Å². The summed E-state index contributed by atoms with van der Waals surface area (Å²) >= 11 is 22.6. The highest BCUT2D eigenvalue weighted by Gasteiger charge is 2.37. The van der Waals surface area contributed by atoms with Crippen molar-refractivity contribution in [1.82, 2.24) is 9.55 Å². The highest BCUT2D eigenvalue weighted by molar-refractivity contribution is 8.21. The standard InChI is InChI=1S/C14H13Cl3N2S2/c15-10-5-12(16)11(13(17)6-10)7-14(20-3-4-21-14)8-19-2-1-18-9-19/h1-2,5-6,9H,3-4,7-8H2. The molecule has 0 aliphatic carbocycles. The molecule has 21 heavy (non-hydrogen) atoms. The number of aromatic nitrogens is 2. The van der Waals surface area contributed by atoms with Crippen LogP contribution in [0.3, 0.4) is 0 Å². The maximum absolute atomic E-state index is 6.35. The zero-order chi connectivity index (χ0) is 14.9. The van der Waals surface area contributed by atoms with Gasteiger partial charge in [-0.1, -0.05) is 34.8 Å². The normalized spacial score (nSPS) is 17.3. The number of rotatable bonds is 4. The van der Waals surface area contributed by atoms with E-state index in [1.54, 1.807) is 18.3 Å². The fraction of sp³-hybridized carbons (Fsp3) is 0.357. The molecule has 0 bridgehead atoms. The lowest BCUT2D eigenvalue weighted by Crippen LogP contribution is -2.27. The van der Waals surface area contributed by atoms with Gasteiger partial charge in [-0.15, -0.1) is 23.5 Å². The Hall–Kier alpha value is -0.000000000000000167. The average Bonchev–Trinajstić information content (AvgIpc) is 3.07.